The SMILES string of the molecule is COc1ccc(CC(=O)N[C@H](CN2CCOCC2)[C@H](O)c2ccc3c(c2)OCCO3)cc1. The predicted octanol–water partition coefficient (Wildman–Crippen LogP) is 1.56. The zero-order valence-electron chi connectivity index (χ0n) is 18.3. The molecule has 0 radical (unpaired) electrons. The van der Waals surface area contributed by atoms with Crippen molar-refractivity contribution in [1.29, 1.82) is 0 Å². The van der Waals surface area contributed by atoms with E-state index in [0.29, 0.717) is 50.0 Å². The van der Waals surface area contributed by atoms with E-state index in [-0.39, 0.29) is 12.3 Å². The highest BCUT2D eigenvalue weighted by Gasteiger charge is 2.27. The van der Waals surface area contributed by atoms with Gasteiger partial charge in [-0.25, -0.2) is 0 Å². The van der Waals surface area contributed by atoms with Gasteiger partial charge < -0.3 is 29.4 Å². The second kappa shape index (κ2) is 10.7. The molecule has 2 aliphatic heterocycles. The number of hydrogen-bond acceptors (Lipinski definition) is 7. The first kappa shape index (κ1) is 22.4. The molecule has 2 aliphatic rings. The van der Waals surface area contributed by atoms with Crippen LogP contribution >= 0.6 is 0 Å². The van der Waals surface area contributed by atoms with Crippen molar-refractivity contribution in [2.75, 3.05) is 53.2 Å². The second-order valence-electron chi connectivity index (χ2n) is 7.96. The molecule has 2 heterocycles. The Morgan fingerprint density at radius 2 is 1.78 bits per heavy atom. The van der Waals surface area contributed by atoms with E-state index in [2.05, 4.69) is 10.2 Å². The molecular formula is C24H30N2O6. The number of amides is 1. The fourth-order valence-electron chi connectivity index (χ4n) is 3.95. The number of ether oxygens (including phenoxy) is 4. The largest absolute Gasteiger partial charge is 0.497 e. The fraction of sp³-hybridized carbons (Fsp3) is 0.458. The van der Waals surface area contributed by atoms with Crippen LogP contribution in [-0.4, -0.2) is 75.1 Å². The molecule has 0 aromatic heterocycles. The van der Waals surface area contributed by atoms with Gasteiger partial charge in [-0.1, -0.05) is 18.2 Å². The summed E-state index contributed by atoms with van der Waals surface area (Å²) < 4.78 is 21.9. The molecule has 2 aromatic rings. The van der Waals surface area contributed by atoms with E-state index in [1.54, 1.807) is 19.2 Å². The van der Waals surface area contributed by atoms with Crippen LogP contribution in [0.25, 0.3) is 0 Å². The Balaban J connectivity index is 1.47. The normalized spacial score (nSPS) is 17.9. The van der Waals surface area contributed by atoms with Crippen molar-refractivity contribution in [3.8, 4) is 17.2 Å². The van der Waals surface area contributed by atoms with Gasteiger partial charge in [-0.3, -0.25) is 9.69 Å². The minimum absolute atomic E-state index is 0.148. The van der Waals surface area contributed by atoms with E-state index >= 15 is 0 Å². The molecule has 0 spiro atoms. The average Bonchev–Trinajstić information content (AvgIpc) is 2.84. The first-order chi connectivity index (χ1) is 15.6. The van der Waals surface area contributed by atoms with Crippen molar-refractivity contribution in [3.05, 3.63) is 53.6 Å². The van der Waals surface area contributed by atoms with Gasteiger partial charge in [-0.15, -0.1) is 0 Å². The van der Waals surface area contributed by atoms with E-state index in [0.717, 1.165) is 24.4 Å². The number of aliphatic hydroxyl groups is 1. The van der Waals surface area contributed by atoms with Crippen LogP contribution in [0.5, 0.6) is 17.2 Å². The fourth-order valence-corrected chi connectivity index (χ4v) is 3.95. The summed E-state index contributed by atoms with van der Waals surface area (Å²) in [6.45, 7) is 4.32. The maximum Gasteiger partial charge on any atom is 0.224 e. The molecule has 4 rings (SSSR count). The molecule has 172 valence electrons. The average molecular weight is 443 g/mol. The minimum atomic E-state index is -0.895. The number of nitrogens with zero attached hydrogens (tertiary/aromatic N) is 1. The number of fused-ring (bicyclic) bond motifs is 1. The molecule has 8 heteroatoms. The summed E-state index contributed by atoms with van der Waals surface area (Å²) in [7, 11) is 1.61. The molecule has 8 nitrogen and oxygen atoms in total. The lowest BCUT2D eigenvalue weighted by Gasteiger charge is -2.33. The molecule has 0 bridgehead atoms. The smallest absolute Gasteiger partial charge is 0.224 e. The number of hydrogen-bond donors (Lipinski definition) is 2. The third kappa shape index (κ3) is 5.70. The molecular weight excluding hydrogens is 412 g/mol. The molecule has 32 heavy (non-hydrogen) atoms. The van der Waals surface area contributed by atoms with Crippen LogP contribution in [0.3, 0.4) is 0 Å². The van der Waals surface area contributed by atoms with Gasteiger partial charge >= 0.3 is 0 Å². The maximum atomic E-state index is 12.8. The quantitative estimate of drug-likeness (QED) is 0.641. The van der Waals surface area contributed by atoms with Gasteiger partial charge in [-0.2, -0.15) is 0 Å². The molecule has 1 amide bonds. The molecule has 2 N–H and O–H groups in total. The molecule has 0 aliphatic carbocycles. The van der Waals surface area contributed by atoms with Crippen LogP contribution in [0, 0.1) is 0 Å². The molecule has 2 aromatic carbocycles. The number of morpholine rings is 1. The Kier molecular flexibility index (Phi) is 7.47. The highest BCUT2D eigenvalue weighted by Crippen LogP contribution is 2.33. The Hall–Kier alpha value is -2.81. The van der Waals surface area contributed by atoms with E-state index in [1.807, 2.05) is 30.3 Å². The number of benzene rings is 2. The molecule has 1 fully saturated rings. The van der Waals surface area contributed by atoms with Crippen molar-refractivity contribution < 1.29 is 28.8 Å². The summed E-state index contributed by atoms with van der Waals surface area (Å²) in [6, 6.07) is 12.3. The van der Waals surface area contributed by atoms with Gasteiger partial charge in [0.05, 0.1) is 32.8 Å². The molecule has 2 atom stereocenters. The minimum Gasteiger partial charge on any atom is -0.497 e. The lowest BCUT2D eigenvalue weighted by atomic mass is 10.00. The van der Waals surface area contributed by atoms with E-state index < -0.39 is 12.1 Å². The van der Waals surface area contributed by atoms with Crippen molar-refractivity contribution in [3.63, 3.8) is 0 Å². The zero-order chi connectivity index (χ0) is 22.3. The Bertz CT molecular complexity index is 898. The van der Waals surface area contributed by atoms with E-state index in [4.69, 9.17) is 18.9 Å². The lowest BCUT2D eigenvalue weighted by molar-refractivity contribution is -0.122. The summed E-state index contributed by atoms with van der Waals surface area (Å²) >= 11 is 0. The Morgan fingerprint density at radius 3 is 2.50 bits per heavy atom. The van der Waals surface area contributed by atoms with Crippen molar-refractivity contribution in [2.45, 2.75) is 18.6 Å². The second-order valence-corrected chi connectivity index (χ2v) is 7.96. The van der Waals surface area contributed by atoms with Crippen LogP contribution in [0.1, 0.15) is 17.2 Å². The molecule has 0 saturated carbocycles. The zero-order valence-corrected chi connectivity index (χ0v) is 18.3. The summed E-state index contributed by atoms with van der Waals surface area (Å²) in [5, 5.41) is 14.3. The first-order valence-corrected chi connectivity index (χ1v) is 10.9. The van der Waals surface area contributed by atoms with Gasteiger partial charge in [0, 0.05) is 19.6 Å². The number of methoxy groups -OCH3 is 1. The highest BCUT2D eigenvalue weighted by atomic mass is 16.6. The molecule has 0 unspecified atom stereocenters. The van der Waals surface area contributed by atoms with Gasteiger partial charge in [0.2, 0.25) is 5.91 Å². The standard InChI is InChI=1S/C24H30N2O6/c1-29-19-5-2-17(3-6-19)14-23(27)25-20(16-26-8-10-30-11-9-26)24(28)18-4-7-21-22(15-18)32-13-12-31-21/h2-7,15,20,24,28H,8-14,16H2,1H3,(H,25,27)/t20-,24-/m1/s1. The summed E-state index contributed by atoms with van der Waals surface area (Å²) in [4.78, 5) is 15.0. The van der Waals surface area contributed by atoms with Crippen molar-refractivity contribution >= 4 is 5.91 Å². The van der Waals surface area contributed by atoms with Crippen LogP contribution in [-0.2, 0) is 16.0 Å². The monoisotopic (exact) mass is 442 g/mol. The third-order valence-electron chi connectivity index (χ3n) is 5.72. The third-order valence-corrected chi connectivity index (χ3v) is 5.72. The highest BCUT2D eigenvalue weighted by molar-refractivity contribution is 5.79. The number of carbonyl (C=O) groups is 1. The van der Waals surface area contributed by atoms with Crippen LogP contribution < -0.4 is 19.5 Å². The number of aliphatic hydroxyl groups excluding tert-OH is 1. The summed E-state index contributed by atoms with van der Waals surface area (Å²) in [5.74, 6) is 1.88. The lowest BCUT2D eigenvalue weighted by Crippen LogP contribution is -2.50. The van der Waals surface area contributed by atoms with E-state index in [9.17, 15) is 9.90 Å². The van der Waals surface area contributed by atoms with Crippen molar-refractivity contribution in [1.82, 2.24) is 10.2 Å². The van der Waals surface area contributed by atoms with Gasteiger partial charge in [0.1, 0.15) is 25.1 Å². The number of rotatable bonds is 8. The molecule has 1 saturated heterocycles. The first-order valence-electron chi connectivity index (χ1n) is 10.9. The van der Waals surface area contributed by atoms with E-state index in [1.165, 1.54) is 0 Å². The van der Waals surface area contributed by atoms with Crippen LogP contribution in [0.15, 0.2) is 42.5 Å². The van der Waals surface area contributed by atoms with Gasteiger partial charge in [0.25, 0.3) is 0 Å². The van der Waals surface area contributed by atoms with Gasteiger partial charge in [0.15, 0.2) is 11.5 Å². The Labute approximate surface area is 188 Å². The summed E-state index contributed by atoms with van der Waals surface area (Å²) in [5.41, 5.74) is 1.56. The number of carbonyl (C=O) groups excluding carboxylic acids is 1. The Morgan fingerprint density at radius 1 is 1.06 bits per heavy atom. The van der Waals surface area contributed by atoms with Crippen LogP contribution in [0.2, 0.25) is 0 Å². The van der Waals surface area contributed by atoms with Gasteiger partial charge in [-0.05, 0) is 35.4 Å². The number of nitrogens with one attached hydrogen (secondary N) is 1. The summed E-state index contributed by atoms with van der Waals surface area (Å²) in [6.07, 6.45) is -0.675. The maximum absolute atomic E-state index is 12.8. The van der Waals surface area contributed by atoms with Crippen molar-refractivity contribution in [2.24, 2.45) is 0 Å². The topological polar surface area (TPSA) is 89.5 Å². The van der Waals surface area contributed by atoms with Crippen LogP contribution in [0.4, 0.5) is 0 Å². The predicted molar refractivity (Wildman–Crippen MR) is 118 cm³/mol.